The minimum absolute atomic E-state index is 0.146. The highest BCUT2D eigenvalue weighted by Crippen LogP contribution is 2.14. The highest BCUT2D eigenvalue weighted by atomic mass is 35.5. The lowest BCUT2D eigenvalue weighted by Gasteiger charge is -2.32. The number of morpholine rings is 1. The van der Waals surface area contributed by atoms with Crippen LogP contribution in [0.1, 0.15) is 28.4 Å². The van der Waals surface area contributed by atoms with E-state index >= 15 is 0 Å². The van der Waals surface area contributed by atoms with E-state index in [-0.39, 0.29) is 24.6 Å². The minimum atomic E-state index is -0.326. The molecule has 2 aromatic carbocycles. The van der Waals surface area contributed by atoms with Gasteiger partial charge in [-0.25, -0.2) is 10.3 Å². The van der Waals surface area contributed by atoms with E-state index in [9.17, 15) is 9.59 Å². The van der Waals surface area contributed by atoms with Gasteiger partial charge in [-0.1, -0.05) is 48.9 Å². The van der Waals surface area contributed by atoms with E-state index in [1.165, 1.54) is 0 Å². The van der Waals surface area contributed by atoms with E-state index in [1.807, 2.05) is 30.3 Å². The first-order valence-electron chi connectivity index (χ1n) is 9.95. The van der Waals surface area contributed by atoms with E-state index in [0.29, 0.717) is 36.8 Å². The molecule has 0 aromatic heterocycles. The lowest BCUT2D eigenvalue weighted by atomic mass is 10.1. The quantitative estimate of drug-likeness (QED) is 0.660. The molecule has 0 radical (unpaired) electrons. The Kier molecular flexibility index (Phi) is 8.07. The first kappa shape index (κ1) is 22.1. The Morgan fingerprint density at radius 1 is 1.20 bits per heavy atom. The number of rotatable bonds is 7. The second-order valence-electron chi connectivity index (χ2n) is 6.98. The van der Waals surface area contributed by atoms with Gasteiger partial charge in [-0.05, 0) is 35.7 Å². The van der Waals surface area contributed by atoms with E-state index in [2.05, 4.69) is 17.7 Å². The van der Waals surface area contributed by atoms with Crippen molar-refractivity contribution in [3.05, 3.63) is 70.2 Å². The maximum absolute atomic E-state index is 12.5. The standard InChI is InChI=1S/C22H26ClN3O4/c1-2-16-7-9-17(10-8-16)21(27)25-30-15-19-14-26(11-12-29-19)22(28)24-13-18-5-3-4-6-20(18)23/h3-10,19H,2,11-15H2,1H3,(H,24,28)(H,25,27). The molecular formula is C22H26ClN3O4. The molecule has 0 spiro atoms. The van der Waals surface area contributed by atoms with Crippen LogP contribution in [0.5, 0.6) is 0 Å². The molecule has 30 heavy (non-hydrogen) atoms. The van der Waals surface area contributed by atoms with Crippen molar-refractivity contribution in [3.63, 3.8) is 0 Å². The van der Waals surface area contributed by atoms with Crippen LogP contribution in [0.2, 0.25) is 5.02 Å². The minimum Gasteiger partial charge on any atom is -0.372 e. The molecule has 1 aliphatic rings. The number of benzene rings is 2. The molecule has 1 unspecified atom stereocenters. The number of amides is 3. The highest BCUT2D eigenvalue weighted by Gasteiger charge is 2.24. The van der Waals surface area contributed by atoms with Gasteiger partial charge in [0.05, 0.1) is 13.2 Å². The molecule has 8 heteroatoms. The van der Waals surface area contributed by atoms with Gasteiger partial charge in [0, 0.05) is 23.7 Å². The summed E-state index contributed by atoms with van der Waals surface area (Å²) in [4.78, 5) is 31.6. The van der Waals surface area contributed by atoms with Crippen LogP contribution in [0.25, 0.3) is 0 Å². The summed E-state index contributed by atoms with van der Waals surface area (Å²) in [7, 11) is 0. The van der Waals surface area contributed by atoms with Gasteiger partial charge in [0.1, 0.15) is 12.7 Å². The fourth-order valence-electron chi connectivity index (χ4n) is 3.08. The molecular weight excluding hydrogens is 406 g/mol. The summed E-state index contributed by atoms with van der Waals surface area (Å²) in [5.74, 6) is -0.317. The first-order chi connectivity index (χ1) is 14.6. The van der Waals surface area contributed by atoms with Gasteiger partial charge in [-0.2, -0.15) is 0 Å². The average Bonchev–Trinajstić information content (AvgIpc) is 2.78. The van der Waals surface area contributed by atoms with Crippen molar-refractivity contribution >= 4 is 23.5 Å². The molecule has 1 aliphatic heterocycles. The van der Waals surface area contributed by atoms with Crippen molar-refractivity contribution in [3.8, 4) is 0 Å². The van der Waals surface area contributed by atoms with Crippen molar-refractivity contribution in [1.29, 1.82) is 0 Å². The zero-order chi connectivity index (χ0) is 21.3. The van der Waals surface area contributed by atoms with Gasteiger partial charge in [-0.3, -0.25) is 9.63 Å². The Bertz CT molecular complexity index is 860. The largest absolute Gasteiger partial charge is 0.372 e. The topological polar surface area (TPSA) is 79.9 Å². The fourth-order valence-corrected chi connectivity index (χ4v) is 3.28. The van der Waals surface area contributed by atoms with Crippen molar-refractivity contribution in [1.82, 2.24) is 15.7 Å². The van der Waals surface area contributed by atoms with Crippen LogP contribution in [0.15, 0.2) is 48.5 Å². The van der Waals surface area contributed by atoms with Gasteiger partial charge < -0.3 is 15.0 Å². The smallest absolute Gasteiger partial charge is 0.317 e. The number of hydrogen-bond donors (Lipinski definition) is 2. The van der Waals surface area contributed by atoms with Gasteiger partial charge >= 0.3 is 6.03 Å². The van der Waals surface area contributed by atoms with Crippen LogP contribution in [-0.4, -0.2) is 49.2 Å². The Hall–Kier alpha value is -2.61. The maximum atomic E-state index is 12.5. The van der Waals surface area contributed by atoms with Crippen LogP contribution in [0.3, 0.4) is 0 Å². The molecule has 1 saturated heterocycles. The third-order valence-corrected chi connectivity index (χ3v) is 5.24. The highest BCUT2D eigenvalue weighted by molar-refractivity contribution is 6.31. The number of urea groups is 1. The number of carbonyl (C=O) groups excluding carboxylic acids is 2. The molecule has 3 amide bonds. The Labute approximate surface area is 181 Å². The van der Waals surface area contributed by atoms with E-state index < -0.39 is 0 Å². The molecule has 0 bridgehead atoms. The number of ether oxygens (including phenoxy) is 1. The molecule has 1 atom stereocenters. The number of carbonyl (C=O) groups is 2. The molecule has 160 valence electrons. The molecule has 3 rings (SSSR count). The van der Waals surface area contributed by atoms with Crippen LogP contribution < -0.4 is 10.8 Å². The van der Waals surface area contributed by atoms with Crippen molar-refractivity contribution in [2.24, 2.45) is 0 Å². The number of hydrogen-bond acceptors (Lipinski definition) is 4. The molecule has 7 nitrogen and oxygen atoms in total. The second-order valence-corrected chi connectivity index (χ2v) is 7.39. The lowest BCUT2D eigenvalue weighted by molar-refractivity contribution is -0.0756. The maximum Gasteiger partial charge on any atom is 0.317 e. The summed E-state index contributed by atoms with van der Waals surface area (Å²) in [6.45, 7) is 3.82. The van der Waals surface area contributed by atoms with E-state index in [1.54, 1.807) is 23.1 Å². The predicted molar refractivity (Wildman–Crippen MR) is 114 cm³/mol. The molecule has 1 heterocycles. The van der Waals surface area contributed by atoms with E-state index in [0.717, 1.165) is 17.5 Å². The third kappa shape index (κ3) is 6.19. The lowest BCUT2D eigenvalue weighted by Crippen LogP contribution is -2.51. The number of hydroxylamine groups is 1. The second kappa shape index (κ2) is 11.0. The summed E-state index contributed by atoms with van der Waals surface area (Å²) in [5.41, 5.74) is 4.97. The molecule has 0 saturated carbocycles. The zero-order valence-electron chi connectivity index (χ0n) is 16.9. The number of halogens is 1. The third-order valence-electron chi connectivity index (χ3n) is 4.87. The normalized spacial score (nSPS) is 16.2. The Morgan fingerprint density at radius 3 is 2.70 bits per heavy atom. The fraction of sp³-hybridized carbons (Fsp3) is 0.364. The van der Waals surface area contributed by atoms with Crippen molar-refractivity contribution in [2.75, 3.05) is 26.3 Å². The Balaban J connectivity index is 1.41. The zero-order valence-corrected chi connectivity index (χ0v) is 17.7. The van der Waals surface area contributed by atoms with Gasteiger partial charge in [0.15, 0.2) is 0 Å². The summed E-state index contributed by atoms with van der Waals surface area (Å²) in [5, 5.41) is 3.49. The first-order valence-corrected chi connectivity index (χ1v) is 10.3. The van der Waals surface area contributed by atoms with E-state index in [4.69, 9.17) is 21.2 Å². The summed E-state index contributed by atoms with van der Waals surface area (Å²) >= 11 is 6.12. The van der Waals surface area contributed by atoms with Crippen LogP contribution in [-0.2, 0) is 22.5 Å². The molecule has 1 fully saturated rings. The Morgan fingerprint density at radius 2 is 1.97 bits per heavy atom. The monoisotopic (exact) mass is 431 g/mol. The van der Waals surface area contributed by atoms with Crippen molar-refractivity contribution in [2.45, 2.75) is 26.0 Å². The molecule has 2 N–H and O–H groups in total. The van der Waals surface area contributed by atoms with Gasteiger partial charge in [-0.15, -0.1) is 0 Å². The SMILES string of the molecule is CCc1ccc(C(=O)NOCC2CN(C(=O)NCc3ccccc3Cl)CCO2)cc1. The van der Waals surface area contributed by atoms with Crippen LogP contribution >= 0.6 is 11.6 Å². The number of nitrogens with zero attached hydrogens (tertiary/aromatic N) is 1. The summed E-state index contributed by atoms with van der Waals surface area (Å²) in [6, 6.07) is 14.6. The van der Waals surface area contributed by atoms with Crippen molar-refractivity contribution < 1.29 is 19.2 Å². The molecule has 0 aliphatic carbocycles. The number of nitrogens with one attached hydrogen (secondary N) is 2. The summed E-state index contributed by atoms with van der Waals surface area (Å²) in [6.07, 6.45) is 0.590. The number of aryl methyl sites for hydroxylation is 1. The molecule has 2 aromatic rings. The van der Waals surface area contributed by atoms with Crippen LogP contribution in [0.4, 0.5) is 4.79 Å². The average molecular weight is 432 g/mol. The summed E-state index contributed by atoms with van der Waals surface area (Å²) < 4.78 is 5.64. The predicted octanol–water partition coefficient (Wildman–Crippen LogP) is 3.17. The van der Waals surface area contributed by atoms with Gasteiger partial charge in [0.25, 0.3) is 5.91 Å². The van der Waals surface area contributed by atoms with Gasteiger partial charge in [0.2, 0.25) is 0 Å². The van der Waals surface area contributed by atoms with Crippen LogP contribution in [0, 0.1) is 0 Å².